The van der Waals surface area contributed by atoms with Gasteiger partial charge >= 0.3 is 0 Å². The van der Waals surface area contributed by atoms with Gasteiger partial charge < -0.3 is 19.5 Å². The summed E-state index contributed by atoms with van der Waals surface area (Å²) in [5, 5.41) is 4.61. The van der Waals surface area contributed by atoms with Crippen LogP contribution in [0.2, 0.25) is 0 Å². The van der Waals surface area contributed by atoms with Crippen LogP contribution in [-0.2, 0) is 11.3 Å². The van der Waals surface area contributed by atoms with Crippen LogP contribution < -0.4 is 5.32 Å². The van der Waals surface area contributed by atoms with E-state index in [0.717, 1.165) is 74.8 Å². The number of guanidine groups is 1. The molecule has 0 radical (unpaired) electrons. The van der Waals surface area contributed by atoms with Crippen molar-refractivity contribution >= 4 is 22.8 Å². The van der Waals surface area contributed by atoms with Crippen LogP contribution in [-0.4, -0.2) is 79.4 Å². The molecule has 2 aromatic rings. The SMILES string of the molecule is CN=C(NCc1oc2ccccc2c1C)N1CCN(CC(=O)N2CCCC2)CC1. The highest BCUT2D eigenvalue weighted by atomic mass is 16.3. The van der Waals surface area contributed by atoms with Crippen molar-refractivity contribution in [3.8, 4) is 0 Å². The van der Waals surface area contributed by atoms with Crippen LogP contribution in [0.25, 0.3) is 11.0 Å². The smallest absolute Gasteiger partial charge is 0.236 e. The molecule has 0 saturated carbocycles. The first-order valence-corrected chi connectivity index (χ1v) is 10.6. The summed E-state index contributed by atoms with van der Waals surface area (Å²) in [6.45, 7) is 8.60. The second kappa shape index (κ2) is 8.86. The van der Waals surface area contributed by atoms with Crippen LogP contribution in [0, 0.1) is 6.92 Å². The summed E-state index contributed by atoms with van der Waals surface area (Å²) < 4.78 is 6.00. The Kier molecular flexibility index (Phi) is 6.04. The molecule has 156 valence electrons. The molecule has 2 fully saturated rings. The number of carbonyl (C=O) groups excluding carboxylic acids is 1. The Morgan fingerprint density at radius 2 is 1.79 bits per heavy atom. The van der Waals surface area contributed by atoms with Gasteiger partial charge in [-0.25, -0.2) is 0 Å². The number of carbonyl (C=O) groups is 1. The number of aryl methyl sites for hydroxylation is 1. The largest absolute Gasteiger partial charge is 0.459 e. The fourth-order valence-electron chi connectivity index (χ4n) is 4.26. The van der Waals surface area contributed by atoms with Crippen LogP contribution in [0.4, 0.5) is 0 Å². The zero-order valence-corrected chi connectivity index (χ0v) is 17.5. The summed E-state index contributed by atoms with van der Waals surface area (Å²) in [7, 11) is 1.82. The van der Waals surface area contributed by atoms with E-state index in [1.165, 1.54) is 5.56 Å². The minimum Gasteiger partial charge on any atom is -0.459 e. The summed E-state index contributed by atoms with van der Waals surface area (Å²) >= 11 is 0. The number of furan rings is 1. The molecule has 2 aliphatic heterocycles. The van der Waals surface area contributed by atoms with Crippen LogP contribution >= 0.6 is 0 Å². The van der Waals surface area contributed by atoms with E-state index in [1.807, 2.05) is 30.1 Å². The molecule has 2 saturated heterocycles. The van der Waals surface area contributed by atoms with Gasteiger partial charge in [-0.1, -0.05) is 18.2 Å². The van der Waals surface area contributed by atoms with Crippen LogP contribution in [0.1, 0.15) is 24.2 Å². The normalized spacial score (nSPS) is 18.6. The second-order valence-electron chi connectivity index (χ2n) is 7.90. The first kappa shape index (κ1) is 19.8. The van der Waals surface area contributed by atoms with Gasteiger partial charge in [0.2, 0.25) is 5.91 Å². The Morgan fingerprint density at radius 1 is 1.07 bits per heavy atom. The molecule has 29 heavy (non-hydrogen) atoms. The number of hydrogen-bond acceptors (Lipinski definition) is 4. The Morgan fingerprint density at radius 3 is 2.48 bits per heavy atom. The molecule has 0 spiro atoms. The third kappa shape index (κ3) is 4.40. The van der Waals surface area contributed by atoms with Crippen LogP contribution in [0.15, 0.2) is 33.7 Å². The highest BCUT2D eigenvalue weighted by Crippen LogP contribution is 2.24. The van der Waals surface area contributed by atoms with E-state index in [1.54, 1.807) is 0 Å². The van der Waals surface area contributed by atoms with E-state index in [9.17, 15) is 4.79 Å². The van der Waals surface area contributed by atoms with Gasteiger partial charge in [0.25, 0.3) is 0 Å². The van der Waals surface area contributed by atoms with E-state index < -0.39 is 0 Å². The fraction of sp³-hybridized carbons (Fsp3) is 0.545. The molecule has 0 unspecified atom stereocenters. The first-order chi connectivity index (χ1) is 14.2. The predicted octanol–water partition coefficient (Wildman–Crippen LogP) is 2.06. The summed E-state index contributed by atoms with van der Waals surface area (Å²) in [4.78, 5) is 23.3. The van der Waals surface area contributed by atoms with Gasteiger partial charge in [0.15, 0.2) is 5.96 Å². The molecule has 0 atom stereocenters. The highest BCUT2D eigenvalue weighted by Gasteiger charge is 2.24. The molecule has 2 aliphatic rings. The zero-order chi connectivity index (χ0) is 20.2. The highest BCUT2D eigenvalue weighted by molar-refractivity contribution is 5.83. The molecule has 1 aromatic heterocycles. The van der Waals surface area contributed by atoms with Crippen molar-refractivity contribution in [3.05, 3.63) is 35.6 Å². The molecule has 3 heterocycles. The molecule has 0 aliphatic carbocycles. The lowest BCUT2D eigenvalue weighted by Crippen LogP contribution is -2.54. The Bertz CT molecular complexity index is 876. The van der Waals surface area contributed by atoms with Crippen molar-refractivity contribution < 1.29 is 9.21 Å². The Balaban J connectivity index is 1.29. The molecule has 0 bridgehead atoms. The van der Waals surface area contributed by atoms with E-state index in [-0.39, 0.29) is 5.91 Å². The molecular formula is C22H31N5O2. The van der Waals surface area contributed by atoms with Gasteiger partial charge in [0.1, 0.15) is 11.3 Å². The van der Waals surface area contributed by atoms with Crippen molar-refractivity contribution in [1.82, 2.24) is 20.0 Å². The molecule has 1 amide bonds. The minimum atomic E-state index is 0.277. The average Bonchev–Trinajstić information content (AvgIpc) is 3.39. The summed E-state index contributed by atoms with van der Waals surface area (Å²) in [6, 6.07) is 8.13. The Labute approximate surface area is 172 Å². The molecule has 4 rings (SSSR count). The van der Waals surface area contributed by atoms with E-state index in [4.69, 9.17) is 4.42 Å². The van der Waals surface area contributed by atoms with Crippen molar-refractivity contribution in [2.75, 3.05) is 52.9 Å². The van der Waals surface area contributed by atoms with Gasteiger partial charge in [0, 0.05) is 57.3 Å². The lowest BCUT2D eigenvalue weighted by Gasteiger charge is -2.36. The number of rotatable bonds is 4. The standard InChI is InChI=1S/C22H31N5O2/c1-17-18-7-3-4-8-19(18)29-20(17)15-24-22(23-2)27-13-11-25(12-14-27)16-21(28)26-9-5-6-10-26/h3-4,7-8H,5-6,9-16H2,1-2H3,(H,23,24). The quantitative estimate of drug-likeness (QED) is 0.632. The lowest BCUT2D eigenvalue weighted by atomic mass is 10.1. The maximum atomic E-state index is 12.4. The first-order valence-electron chi connectivity index (χ1n) is 10.6. The third-order valence-electron chi connectivity index (χ3n) is 6.05. The number of benzene rings is 1. The number of likely N-dealkylation sites (tertiary alicyclic amines) is 1. The topological polar surface area (TPSA) is 64.3 Å². The number of amides is 1. The van der Waals surface area contributed by atoms with Crippen molar-refractivity contribution in [2.24, 2.45) is 4.99 Å². The molecular weight excluding hydrogens is 366 g/mol. The number of para-hydroxylation sites is 1. The van der Waals surface area contributed by atoms with E-state index >= 15 is 0 Å². The van der Waals surface area contributed by atoms with E-state index in [0.29, 0.717) is 13.1 Å². The molecule has 1 aromatic carbocycles. The van der Waals surface area contributed by atoms with Gasteiger partial charge in [-0.2, -0.15) is 0 Å². The fourth-order valence-corrected chi connectivity index (χ4v) is 4.26. The molecule has 7 nitrogen and oxygen atoms in total. The number of nitrogens with one attached hydrogen (secondary N) is 1. The zero-order valence-electron chi connectivity index (χ0n) is 17.5. The van der Waals surface area contributed by atoms with Gasteiger partial charge in [-0.15, -0.1) is 0 Å². The summed E-state index contributed by atoms with van der Waals surface area (Å²) in [5.74, 6) is 2.11. The Hall–Kier alpha value is -2.54. The summed E-state index contributed by atoms with van der Waals surface area (Å²) in [5.41, 5.74) is 2.10. The minimum absolute atomic E-state index is 0.277. The van der Waals surface area contributed by atoms with Gasteiger partial charge in [0.05, 0.1) is 13.1 Å². The second-order valence-corrected chi connectivity index (χ2v) is 7.90. The number of piperazine rings is 1. The maximum absolute atomic E-state index is 12.4. The maximum Gasteiger partial charge on any atom is 0.236 e. The van der Waals surface area contributed by atoms with Crippen molar-refractivity contribution in [1.29, 1.82) is 0 Å². The van der Waals surface area contributed by atoms with Crippen LogP contribution in [0.3, 0.4) is 0 Å². The molecule has 1 N–H and O–H groups in total. The summed E-state index contributed by atoms with van der Waals surface area (Å²) in [6.07, 6.45) is 2.29. The van der Waals surface area contributed by atoms with Crippen molar-refractivity contribution in [2.45, 2.75) is 26.3 Å². The van der Waals surface area contributed by atoms with Gasteiger partial charge in [-0.05, 0) is 25.8 Å². The molecule has 7 heteroatoms. The number of nitrogens with zero attached hydrogens (tertiary/aromatic N) is 4. The number of aliphatic imine (C=N–C) groups is 1. The predicted molar refractivity (Wildman–Crippen MR) is 115 cm³/mol. The van der Waals surface area contributed by atoms with Crippen molar-refractivity contribution in [3.63, 3.8) is 0 Å². The number of hydrogen-bond donors (Lipinski definition) is 1. The third-order valence-corrected chi connectivity index (χ3v) is 6.05. The average molecular weight is 398 g/mol. The number of fused-ring (bicyclic) bond motifs is 1. The van der Waals surface area contributed by atoms with Crippen LogP contribution in [0.5, 0.6) is 0 Å². The van der Waals surface area contributed by atoms with E-state index in [2.05, 4.69) is 33.1 Å². The van der Waals surface area contributed by atoms with Gasteiger partial charge in [-0.3, -0.25) is 14.7 Å². The lowest BCUT2D eigenvalue weighted by molar-refractivity contribution is -0.131. The monoisotopic (exact) mass is 397 g/mol.